The third-order valence-electron chi connectivity index (χ3n) is 8.36. The van der Waals surface area contributed by atoms with Gasteiger partial charge in [-0.2, -0.15) is 5.10 Å². The second-order valence-electron chi connectivity index (χ2n) is 12.5. The predicted octanol–water partition coefficient (Wildman–Crippen LogP) is 5.34. The Hall–Kier alpha value is -3.94. The van der Waals surface area contributed by atoms with Crippen LogP contribution in [-0.2, 0) is 23.4 Å². The summed E-state index contributed by atoms with van der Waals surface area (Å²) >= 11 is 0. The first-order valence-corrected chi connectivity index (χ1v) is 17.9. The van der Waals surface area contributed by atoms with Gasteiger partial charge in [-0.15, -0.1) is 0 Å². The highest BCUT2D eigenvalue weighted by molar-refractivity contribution is 6.76. The quantitative estimate of drug-likeness (QED) is 0.192. The van der Waals surface area contributed by atoms with Crippen LogP contribution in [0.4, 0.5) is 4.79 Å². The van der Waals surface area contributed by atoms with Crippen LogP contribution in [0.25, 0.3) is 22.3 Å². The number of hydrogen-bond donors (Lipinski definition) is 1. The molecule has 2 aliphatic heterocycles. The van der Waals surface area contributed by atoms with Crippen LogP contribution >= 0.6 is 0 Å². The second-order valence-corrected chi connectivity index (χ2v) is 18.1. The lowest BCUT2D eigenvalue weighted by Gasteiger charge is -2.21. The van der Waals surface area contributed by atoms with Gasteiger partial charge in [0.1, 0.15) is 12.4 Å². The zero-order valence-corrected chi connectivity index (χ0v) is 25.1. The Labute approximate surface area is 241 Å². The van der Waals surface area contributed by atoms with E-state index in [1.165, 1.54) is 4.90 Å². The molecule has 6 heterocycles. The van der Waals surface area contributed by atoms with Crippen molar-refractivity contribution in [3.63, 3.8) is 0 Å². The molecule has 1 saturated heterocycles. The first kappa shape index (κ1) is 27.2. The predicted molar refractivity (Wildman–Crippen MR) is 161 cm³/mol. The van der Waals surface area contributed by atoms with E-state index in [1.807, 2.05) is 34.6 Å². The van der Waals surface area contributed by atoms with Crippen molar-refractivity contribution in [3.05, 3.63) is 65.4 Å². The zero-order valence-electron chi connectivity index (χ0n) is 24.1. The van der Waals surface area contributed by atoms with Gasteiger partial charge in [0, 0.05) is 86.7 Å². The van der Waals surface area contributed by atoms with Crippen LogP contribution in [0.3, 0.4) is 0 Å². The van der Waals surface area contributed by atoms with Gasteiger partial charge in [-0.05, 0) is 49.6 Å². The molecule has 1 unspecified atom stereocenters. The molecule has 2 aliphatic rings. The molecule has 9 nitrogen and oxygen atoms in total. The number of nitrogens with zero attached hydrogens (tertiary/aromatic N) is 6. The van der Waals surface area contributed by atoms with Gasteiger partial charge in [0.05, 0.1) is 11.3 Å². The first-order valence-electron chi connectivity index (χ1n) is 14.2. The summed E-state index contributed by atoms with van der Waals surface area (Å²) in [4.78, 5) is 22.2. The van der Waals surface area contributed by atoms with Crippen LogP contribution in [-0.4, -0.2) is 68.2 Å². The van der Waals surface area contributed by atoms with E-state index < -0.39 is 14.2 Å². The van der Waals surface area contributed by atoms with Crippen molar-refractivity contribution in [3.8, 4) is 23.1 Å². The summed E-state index contributed by atoms with van der Waals surface area (Å²) in [7, 11) is -1.19. The summed E-state index contributed by atoms with van der Waals surface area (Å²) < 4.78 is 10.2. The van der Waals surface area contributed by atoms with Crippen molar-refractivity contribution in [2.45, 2.75) is 64.1 Å². The van der Waals surface area contributed by atoms with Crippen LogP contribution in [0.15, 0.2) is 43.0 Å². The molecule has 0 bridgehead atoms. The van der Waals surface area contributed by atoms with Gasteiger partial charge < -0.3 is 19.3 Å². The van der Waals surface area contributed by atoms with Crippen molar-refractivity contribution in [1.82, 2.24) is 29.2 Å². The Morgan fingerprint density at radius 2 is 1.95 bits per heavy atom. The molecule has 1 amide bonds. The Morgan fingerprint density at radius 1 is 1.15 bits per heavy atom. The fourth-order valence-corrected chi connectivity index (χ4v) is 6.59. The molecule has 4 aromatic rings. The molecule has 0 radical (unpaired) electrons. The topological polar surface area (TPSA) is 98.3 Å². The maximum atomic E-state index is 11.6. The molecular weight excluding hydrogens is 532 g/mol. The summed E-state index contributed by atoms with van der Waals surface area (Å²) in [6, 6.07) is 7.31. The number of hydrogen-bond acceptors (Lipinski definition) is 5. The molecular formula is C31H36N6O3Si. The summed E-state index contributed by atoms with van der Waals surface area (Å²) in [5.74, 6) is 6.66. The van der Waals surface area contributed by atoms with Crippen LogP contribution < -0.4 is 0 Å². The minimum Gasteiger partial charge on any atom is -0.465 e. The van der Waals surface area contributed by atoms with Crippen molar-refractivity contribution in [1.29, 1.82) is 0 Å². The lowest BCUT2D eigenvalue weighted by Crippen LogP contribution is -2.32. The normalized spacial score (nSPS) is 18.2. The molecule has 212 valence electrons. The summed E-state index contributed by atoms with van der Waals surface area (Å²) in [6.07, 6.45) is 8.36. The second kappa shape index (κ2) is 10.5. The lowest BCUT2D eigenvalue weighted by atomic mass is 9.82. The molecule has 1 fully saturated rings. The Bertz CT molecular complexity index is 1690. The van der Waals surface area contributed by atoms with E-state index in [0.29, 0.717) is 19.8 Å². The van der Waals surface area contributed by atoms with Crippen LogP contribution in [0.5, 0.6) is 0 Å². The first-order chi connectivity index (χ1) is 19.6. The highest BCUT2D eigenvalue weighted by atomic mass is 28.3. The number of carboxylic acid groups (broad SMARTS) is 1. The van der Waals surface area contributed by atoms with Gasteiger partial charge in [-0.1, -0.05) is 31.5 Å². The van der Waals surface area contributed by atoms with E-state index in [-0.39, 0.29) is 5.41 Å². The van der Waals surface area contributed by atoms with Crippen molar-refractivity contribution in [2.24, 2.45) is 0 Å². The van der Waals surface area contributed by atoms with Crippen LogP contribution in [0.2, 0.25) is 25.7 Å². The van der Waals surface area contributed by atoms with Gasteiger partial charge in [0.15, 0.2) is 0 Å². The molecule has 1 N–H and O–H groups in total. The van der Waals surface area contributed by atoms with E-state index in [0.717, 1.165) is 76.7 Å². The summed E-state index contributed by atoms with van der Waals surface area (Å²) in [5, 5.41) is 15.4. The molecule has 10 heteroatoms. The van der Waals surface area contributed by atoms with E-state index in [4.69, 9.17) is 14.8 Å². The SMILES string of the molecule is Cc1ccncc1C#Cc1cn(COCC[Si](C)(C)C)c2ncc(-c3cc4n(n3)CCC43CCN(C(=O)O)C3)cc12. The molecule has 0 aromatic carbocycles. The third-order valence-corrected chi connectivity index (χ3v) is 10.1. The van der Waals surface area contributed by atoms with Crippen LogP contribution in [0, 0.1) is 18.8 Å². The monoisotopic (exact) mass is 568 g/mol. The average molecular weight is 569 g/mol. The van der Waals surface area contributed by atoms with Crippen molar-refractivity contribution in [2.75, 3.05) is 19.7 Å². The minimum absolute atomic E-state index is 0.157. The number of amides is 1. The summed E-state index contributed by atoms with van der Waals surface area (Å²) in [5.41, 5.74) is 6.41. The fourth-order valence-electron chi connectivity index (χ4n) is 5.83. The number of pyridine rings is 2. The van der Waals surface area contributed by atoms with E-state index >= 15 is 0 Å². The molecule has 6 rings (SSSR count). The van der Waals surface area contributed by atoms with Crippen LogP contribution in [0.1, 0.15) is 35.2 Å². The number of ether oxygens (including phenoxy) is 1. The maximum absolute atomic E-state index is 11.6. The Balaban J connectivity index is 1.34. The van der Waals surface area contributed by atoms with Gasteiger partial charge in [0.2, 0.25) is 0 Å². The van der Waals surface area contributed by atoms with Gasteiger partial charge in [0.25, 0.3) is 0 Å². The van der Waals surface area contributed by atoms with Gasteiger partial charge >= 0.3 is 6.09 Å². The van der Waals surface area contributed by atoms with E-state index in [9.17, 15) is 9.90 Å². The number of aromatic nitrogens is 5. The largest absolute Gasteiger partial charge is 0.465 e. The molecule has 41 heavy (non-hydrogen) atoms. The molecule has 4 aromatic heterocycles. The van der Waals surface area contributed by atoms with Crippen molar-refractivity contribution < 1.29 is 14.6 Å². The maximum Gasteiger partial charge on any atom is 0.407 e. The lowest BCUT2D eigenvalue weighted by molar-refractivity contribution is 0.0898. The average Bonchev–Trinajstić information content (AvgIpc) is 3.70. The molecule has 0 saturated carbocycles. The third kappa shape index (κ3) is 5.39. The zero-order chi connectivity index (χ0) is 28.8. The number of aryl methyl sites for hydroxylation is 2. The highest BCUT2D eigenvalue weighted by Gasteiger charge is 2.47. The van der Waals surface area contributed by atoms with Crippen molar-refractivity contribution >= 4 is 25.2 Å². The van der Waals surface area contributed by atoms with Gasteiger partial charge in [-0.25, -0.2) is 9.78 Å². The molecule has 1 atom stereocenters. The number of rotatable bonds is 6. The number of carbonyl (C=O) groups is 1. The molecule has 1 spiro atoms. The van der Waals surface area contributed by atoms with E-state index in [1.54, 1.807) is 12.4 Å². The fraction of sp³-hybridized carbons (Fsp3) is 0.419. The number of fused-ring (bicyclic) bond motifs is 3. The summed E-state index contributed by atoms with van der Waals surface area (Å²) in [6.45, 7) is 12.1. The Morgan fingerprint density at radius 3 is 2.71 bits per heavy atom. The molecule has 0 aliphatic carbocycles. The Kier molecular flexibility index (Phi) is 6.96. The van der Waals surface area contributed by atoms with E-state index in [2.05, 4.69) is 48.6 Å². The smallest absolute Gasteiger partial charge is 0.407 e. The minimum atomic E-state index is -1.19. The standard InChI is InChI=1S/C31H36N6O3Si/c1-22-7-10-32-17-23(22)5-6-24-19-36(21-40-13-14-41(2,3)4)29-26(24)15-25(18-33-29)27-16-28-31(9-12-37(28)34-27)8-11-35(20-31)30(38)39/h7,10,15-19H,8-9,11-14,20-21H2,1-4H3,(H,38,39). The highest BCUT2D eigenvalue weighted by Crippen LogP contribution is 2.44. The van der Waals surface area contributed by atoms with Gasteiger partial charge in [-0.3, -0.25) is 9.67 Å². The number of likely N-dealkylation sites (tertiary alicyclic amines) is 1.